The van der Waals surface area contributed by atoms with Gasteiger partial charge in [0, 0.05) is 18.6 Å². The van der Waals surface area contributed by atoms with Gasteiger partial charge in [0.1, 0.15) is 5.75 Å². The lowest BCUT2D eigenvalue weighted by molar-refractivity contribution is 0.188. The Hall–Kier alpha value is -1.42. The number of nitrogen functional groups attached to an aromatic ring is 1. The summed E-state index contributed by atoms with van der Waals surface area (Å²) < 4.78 is 5.77. The van der Waals surface area contributed by atoms with Crippen molar-refractivity contribution in [2.45, 2.75) is 57.7 Å². The van der Waals surface area contributed by atoms with Crippen LogP contribution in [-0.2, 0) is 0 Å². The minimum absolute atomic E-state index is 0.143. The van der Waals surface area contributed by atoms with Crippen LogP contribution >= 0.6 is 0 Å². The predicted molar refractivity (Wildman–Crippen MR) is 87.9 cm³/mol. The van der Waals surface area contributed by atoms with Crippen LogP contribution < -0.4 is 15.8 Å². The summed E-state index contributed by atoms with van der Waals surface area (Å²) >= 11 is 0. The number of hydrogen-bond acceptors (Lipinski definition) is 4. The van der Waals surface area contributed by atoms with Gasteiger partial charge < -0.3 is 20.7 Å². The lowest BCUT2D eigenvalue weighted by atomic mass is 9.97. The summed E-state index contributed by atoms with van der Waals surface area (Å²) in [6.45, 7) is 6.55. The van der Waals surface area contributed by atoms with Gasteiger partial charge in [-0.3, -0.25) is 0 Å². The molecule has 4 nitrogen and oxygen atoms in total. The van der Waals surface area contributed by atoms with Crippen molar-refractivity contribution in [3.8, 4) is 5.75 Å². The largest absolute Gasteiger partial charge is 0.489 e. The Labute approximate surface area is 127 Å². The zero-order valence-corrected chi connectivity index (χ0v) is 13.1. The smallest absolute Gasteiger partial charge is 0.144 e. The highest BCUT2D eigenvalue weighted by atomic mass is 16.5. The average molecular weight is 289 g/mol. The van der Waals surface area contributed by atoms with Gasteiger partial charge in [-0.05, 0) is 58.2 Å². The van der Waals surface area contributed by atoms with Crippen molar-refractivity contribution < 1.29 is 4.74 Å². The fraction of sp³-hybridized carbons (Fsp3) is 0.647. The first kappa shape index (κ1) is 14.5. The van der Waals surface area contributed by atoms with Crippen molar-refractivity contribution in [3.05, 3.63) is 18.2 Å². The first-order valence-corrected chi connectivity index (χ1v) is 8.19. The summed E-state index contributed by atoms with van der Waals surface area (Å²) in [7, 11) is 0. The van der Waals surface area contributed by atoms with Gasteiger partial charge in [0.15, 0.2) is 0 Å². The molecular weight excluding hydrogens is 262 g/mol. The number of rotatable bonds is 4. The molecule has 0 bridgehead atoms. The van der Waals surface area contributed by atoms with Gasteiger partial charge in [-0.15, -0.1) is 0 Å². The molecule has 3 N–H and O–H groups in total. The van der Waals surface area contributed by atoms with E-state index in [-0.39, 0.29) is 6.10 Å². The molecule has 21 heavy (non-hydrogen) atoms. The van der Waals surface area contributed by atoms with Gasteiger partial charge in [-0.1, -0.05) is 6.07 Å². The quantitative estimate of drug-likeness (QED) is 0.836. The number of nitrogens with one attached hydrogen (secondary N) is 1. The maximum Gasteiger partial charge on any atom is 0.144 e. The minimum atomic E-state index is 0.143. The highest BCUT2D eigenvalue weighted by Gasteiger charge is 2.31. The molecule has 2 saturated heterocycles. The fourth-order valence-electron chi connectivity index (χ4n) is 3.60. The highest BCUT2D eigenvalue weighted by molar-refractivity contribution is 5.73. The van der Waals surface area contributed by atoms with Crippen LogP contribution in [0.2, 0.25) is 0 Å². The third-order valence-electron chi connectivity index (χ3n) is 4.61. The average Bonchev–Trinajstić information content (AvgIpc) is 2.90. The second kappa shape index (κ2) is 6.14. The first-order chi connectivity index (χ1) is 10.1. The summed E-state index contributed by atoms with van der Waals surface area (Å²) in [6, 6.07) is 7.32. The summed E-state index contributed by atoms with van der Waals surface area (Å²) in [6.07, 6.45) is 5.28. The highest BCUT2D eigenvalue weighted by Crippen LogP contribution is 2.33. The molecule has 116 valence electrons. The number of benzene rings is 1. The van der Waals surface area contributed by atoms with Crippen LogP contribution in [0.5, 0.6) is 5.75 Å². The van der Waals surface area contributed by atoms with E-state index in [1.807, 2.05) is 26.0 Å². The molecule has 0 amide bonds. The summed E-state index contributed by atoms with van der Waals surface area (Å²) in [5.74, 6) is 0.785. The van der Waals surface area contributed by atoms with Gasteiger partial charge in [-0.2, -0.15) is 0 Å². The number of hydrogen-bond donors (Lipinski definition) is 2. The number of nitrogens with two attached hydrogens (primary N) is 1. The van der Waals surface area contributed by atoms with E-state index < -0.39 is 0 Å². The zero-order valence-electron chi connectivity index (χ0n) is 13.1. The lowest BCUT2D eigenvalue weighted by Gasteiger charge is -2.35. The van der Waals surface area contributed by atoms with Crippen molar-refractivity contribution in [3.63, 3.8) is 0 Å². The van der Waals surface area contributed by atoms with Crippen LogP contribution in [0.3, 0.4) is 0 Å². The normalized spacial score (nSPS) is 25.9. The number of ether oxygens (including phenoxy) is 1. The molecule has 1 aromatic carbocycles. The molecule has 1 aromatic rings. The van der Waals surface area contributed by atoms with E-state index in [1.54, 1.807) is 0 Å². The molecule has 2 heterocycles. The Bertz CT molecular complexity index is 489. The predicted octanol–water partition coefficient (Wildman–Crippen LogP) is 3.09. The van der Waals surface area contributed by atoms with Crippen LogP contribution in [-0.4, -0.2) is 36.2 Å². The van der Waals surface area contributed by atoms with Crippen LogP contribution in [0.1, 0.15) is 39.5 Å². The molecule has 0 saturated carbocycles. The Morgan fingerprint density at radius 3 is 2.95 bits per heavy atom. The minimum Gasteiger partial charge on any atom is -0.489 e. The standard InChI is InChI=1S/C17H27N3O/c1-12(2)21-16-7-3-6-15(17(16)18)19-13-8-10-20-9-4-5-14(20)11-13/h3,6-7,12-14,19H,4-5,8-11,18H2,1-2H3. The molecule has 4 heteroatoms. The SMILES string of the molecule is CC(C)Oc1cccc(NC2CCN3CCCC3C2)c1N. The Morgan fingerprint density at radius 1 is 1.29 bits per heavy atom. The Balaban J connectivity index is 1.67. The molecule has 2 unspecified atom stereocenters. The molecule has 2 aliphatic rings. The van der Waals surface area contributed by atoms with E-state index in [1.165, 1.54) is 38.8 Å². The number of para-hydroxylation sites is 1. The van der Waals surface area contributed by atoms with E-state index in [2.05, 4.69) is 16.3 Å². The third kappa shape index (κ3) is 3.26. The third-order valence-corrected chi connectivity index (χ3v) is 4.61. The van der Waals surface area contributed by atoms with E-state index in [9.17, 15) is 0 Å². The summed E-state index contributed by atoms with van der Waals surface area (Å²) in [5.41, 5.74) is 8.01. The van der Waals surface area contributed by atoms with E-state index >= 15 is 0 Å². The molecule has 2 atom stereocenters. The maximum atomic E-state index is 6.26. The van der Waals surface area contributed by atoms with Crippen LogP contribution in [0.4, 0.5) is 11.4 Å². The van der Waals surface area contributed by atoms with Gasteiger partial charge in [-0.25, -0.2) is 0 Å². The lowest BCUT2D eigenvalue weighted by Crippen LogP contribution is -2.42. The molecule has 0 spiro atoms. The van der Waals surface area contributed by atoms with E-state index in [4.69, 9.17) is 10.5 Å². The van der Waals surface area contributed by atoms with Crippen molar-refractivity contribution in [2.75, 3.05) is 24.1 Å². The second-order valence-corrected chi connectivity index (χ2v) is 6.58. The van der Waals surface area contributed by atoms with Crippen molar-refractivity contribution in [1.82, 2.24) is 4.90 Å². The molecule has 0 aromatic heterocycles. The van der Waals surface area contributed by atoms with Gasteiger partial charge in [0.2, 0.25) is 0 Å². The molecule has 2 aliphatic heterocycles. The Morgan fingerprint density at radius 2 is 2.14 bits per heavy atom. The monoisotopic (exact) mass is 289 g/mol. The topological polar surface area (TPSA) is 50.5 Å². The van der Waals surface area contributed by atoms with Gasteiger partial charge in [0.05, 0.1) is 17.5 Å². The van der Waals surface area contributed by atoms with Crippen LogP contribution in [0.15, 0.2) is 18.2 Å². The summed E-state index contributed by atoms with van der Waals surface area (Å²) in [4.78, 5) is 2.64. The van der Waals surface area contributed by atoms with E-state index in [0.717, 1.165) is 23.2 Å². The first-order valence-electron chi connectivity index (χ1n) is 8.19. The van der Waals surface area contributed by atoms with Crippen molar-refractivity contribution in [2.24, 2.45) is 0 Å². The number of fused-ring (bicyclic) bond motifs is 1. The number of piperidine rings is 1. The number of nitrogens with zero attached hydrogens (tertiary/aromatic N) is 1. The molecule has 0 aliphatic carbocycles. The van der Waals surface area contributed by atoms with Crippen LogP contribution in [0.25, 0.3) is 0 Å². The maximum absolute atomic E-state index is 6.26. The molecule has 2 fully saturated rings. The molecule has 0 radical (unpaired) electrons. The fourth-order valence-corrected chi connectivity index (χ4v) is 3.60. The molecule has 3 rings (SSSR count). The Kier molecular flexibility index (Phi) is 4.24. The zero-order chi connectivity index (χ0) is 14.8. The van der Waals surface area contributed by atoms with Crippen LogP contribution in [0, 0.1) is 0 Å². The summed E-state index contributed by atoms with van der Waals surface area (Å²) in [5, 5.41) is 3.64. The van der Waals surface area contributed by atoms with E-state index in [0.29, 0.717) is 6.04 Å². The van der Waals surface area contributed by atoms with Crippen molar-refractivity contribution in [1.29, 1.82) is 0 Å². The van der Waals surface area contributed by atoms with Crippen molar-refractivity contribution >= 4 is 11.4 Å². The molecular formula is C17H27N3O. The number of anilines is 2. The van der Waals surface area contributed by atoms with Gasteiger partial charge >= 0.3 is 0 Å². The second-order valence-electron chi connectivity index (χ2n) is 6.58. The van der Waals surface area contributed by atoms with Gasteiger partial charge in [0.25, 0.3) is 0 Å².